The predicted octanol–water partition coefficient (Wildman–Crippen LogP) is 18.9. The van der Waals surface area contributed by atoms with Crippen LogP contribution in [-0.2, 0) is 18.6 Å². The van der Waals surface area contributed by atoms with Gasteiger partial charge >= 0.3 is 6.18 Å². The van der Waals surface area contributed by atoms with Crippen LogP contribution in [0.5, 0.6) is 0 Å². The van der Waals surface area contributed by atoms with E-state index in [9.17, 15) is 22.0 Å². The molecule has 1 aromatic carbocycles. The van der Waals surface area contributed by atoms with Gasteiger partial charge in [0.25, 0.3) is 5.92 Å². The van der Waals surface area contributed by atoms with E-state index in [-0.39, 0.29) is 16.5 Å². The highest BCUT2D eigenvalue weighted by Gasteiger charge is 2.37. The van der Waals surface area contributed by atoms with E-state index >= 15 is 0 Å². The summed E-state index contributed by atoms with van der Waals surface area (Å²) < 4.78 is 64.9. The molecule has 1 aliphatic rings. The number of pyridine rings is 1. The molecular weight excluding hydrogens is 842 g/mol. The average Bonchev–Trinajstić information content (AvgIpc) is 3.75. The maximum absolute atomic E-state index is 13.3. The topological polar surface area (TPSA) is 19.4 Å². The highest BCUT2D eigenvalue weighted by atomic mass is 32.1. The molecule has 0 radical (unpaired) electrons. The zero-order chi connectivity index (χ0) is 51.2. The first-order valence-corrected chi connectivity index (χ1v) is 25.3. The molecule has 65 heavy (non-hydrogen) atoms. The summed E-state index contributed by atoms with van der Waals surface area (Å²) in [6.45, 7) is 45.0. The SMILES string of the molecule is C#C.C=C(C)C1CCCN(C(=C)c2cnccc2C(F)(F)F)C1CCC.CC.CC.CCCC.CCCC.CCCN(CCC(C)C)Cc1ccccc1C.Cc1csc(C(C)(F)F)c1. The molecule has 2 aromatic heterocycles. The Morgan fingerprint density at radius 2 is 1.42 bits per heavy atom. The van der Waals surface area contributed by atoms with Gasteiger partial charge in [0.1, 0.15) is 0 Å². The minimum Gasteiger partial charge on any atom is -0.368 e. The second kappa shape index (κ2) is 40.8. The summed E-state index contributed by atoms with van der Waals surface area (Å²) in [7, 11) is 0. The van der Waals surface area contributed by atoms with Crippen LogP contribution in [0, 0.1) is 38.5 Å². The summed E-state index contributed by atoms with van der Waals surface area (Å²) in [5.74, 6) is -1.58. The number of benzene rings is 1. The Hall–Kier alpha value is -3.48. The Morgan fingerprint density at radius 1 is 0.862 bits per heavy atom. The number of aromatic nitrogens is 1. The van der Waals surface area contributed by atoms with Crippen molar-refractivity contribution in [2.75, 3.05) is 19.6 Å². The lowest BCUT2D eigenvalue weighted by Crippen LogP contribution is -2.44. The molecule has 9 heteroatoms. The van der Waals surface area contributed by atoms with Crippen LogP contribution < -0.4 is 0 Å². The molecule has 3 aromatic rings. The van der Waals surface area contributed by atoms with Gasteiger partial charge in [0, 0.05) is 49.7 Å². The molecule has 0 saturated carbocycles. The van der Waals surface area contributed by atoms with Gasteiger partial charge in [-0.15, -0.1) is 24.2 Å². The van der Waals surface area contributed by atoms with Gasteiger partial charge in [0.2, 0.25) is 0 Å². The predicted molar refractivity (Wildman–Crippen MR) is 280 cm³/mol. The monoisotopic (exact) mass is 936 g/mol. The number of nitrogens with zero attached hydrogens (tertiary/aromatic N) is 3. The number of likely N-dealkylation sites (tertiary alicyclic amines) is 1. The Balaban J connectivity index is -0.000000394. The molecule has 0 spiro atoms. The average molecular weight is 936 g/mol. The van der Waals surface area contributed by atoms with Crippen molar-refractivity contribution in [2.45, 2.75) is 200 Å². The lowest BCUT2D eigenvalue weighted by Gasteiger charge is -2.44. The van der Waals surface area contributed by atoms with Crippen molar-refractivity contribution in [1.29, 1.82) is 0 Å². The van der Waals surface area contributed by atoms with Crippen molar-refractivity contribution < 1.29 is 22.0 Å². The van der Waals surface area contributed by atoms with E-state index < -0.39 is 17.7 Å². The van der Waals surface area contributed by atoms with Gasteiger partial charge in [-0.2, -0.15) is 13.2 Å². The van der Waals surface area contributed by atoms with E-state index in [4.69, 9.17) is 0 Å². The van der Waals surface area contributed by atoms with Gasteiger partial charge < -0.3 is 4.90 Å². The van der Waals surface area contributed by atoms with Crippen molar-refractivity contribution in [3.63, 3.8) is 0 Å². The van der Waals surface area contributed by atoms with Crippen molar-refractivity contribution in [3.05, 3.63) is 106 Å². The number of thiophene rings is 1. The van der Waals surface area contributed by atoms with Crippen molar-refractivity contribution >= 4 is 17.0 Å². The molecule has 0 aliphatic carbocycles. The van der Waals surface area contributed by atoms with Gasteiger partial charge in [-0.3, -0.25) is 9.88 Å². The highest BCUT2D eigenvalue weighted by Crippen LogP contribution is 2.40. The van der Waals surface area contributed by atoms with Crippen LogP contribution in [0.3, 0.4) is 0 Å². The van der Waals surface area contributed by atoms with Crippen molar-refractivity contribution in [3.8, 4) is 12.8 Å². The summed E-state index contributed by atoms with van der Waals surface area (Å²) >= 11 is 1.11. The molecule has 0 N–H and O–H groups in total. The van der Waals surface area contributed by atoms with E-state index in [0.29, 0.717) is 11.6 Å². The van der Waals surface area contributed by atoms with Crippen LogP contribution in [0.25, 0.3) is 5.70 Å². The van der Waals surface area contributed by atoms with Crippen LogP contribution in [0.4, 0.5) is 22.0 Å². The number of unbranched alkanes of at least 4 members (excludes halogenated alkanes) is 2. The standard InChI is InChI=1S/C19H25F3N2.C16H27N.C7H8F2S.2C4H10.2C2H6.C2H2/c1-5-7-18-15(13(2)3)8-6-11-24(18)14(4)16-12-23-10-9-17(16)19(20,21)22;1-5-11-17(12-10-14(2)3)13-16-9-7-6-8-15(16)4;1-5-3-6(10-4-5)7(2,8)9;2*1-3-4-2;3*1-2/h9-10,12,15,18H,2,4-8,11H2,1,3H3;6-9,14H,5,10-13H2,1-4H3;3-4H,1-2H3;2*3-4H2,1-2H3;2*1-2H3;1-2H. The largest absolute Gasteiger partial charge is 0.417 e. The summed E-state index contributed by atoms with van der Waals surface area (Å²) in [5.41, 5.74) is 4.71. The van der Waals surface area contributed by atoms with Crippen molar-refractivity contribution in [2.24, 2.45) is 11.8 Å². The summed E-state index contributed by atoms with van der Waals surface area (Å²) in [4.78, 5) is 8.66. The molecule has 3 nitrogen and oxygen atoms in total. The lowest BCUT2D eigenvalue weighted by molar-refractivity contribution is -0.137. The van der Waals surface area contributed by atoms with E-state index in [2.05, 4.69) is 122 Å². The Kier molecular flexibility index (Phi) is 42.7. The van der Waals surface area contributed by atoms with Crippen LogP contribution in [-0.4, -0.2) is 40.5 Å². The first-order valence-electron chi connectivity index (χ1n) is 24.4. The molecule has 1 fully saturated rings. The number of terminal acetylenes is 1. The number of aryl methyl sites for hydroxylation is 2. The Bertz CT molecular complexity index is 1600. The number of hydrogen-bond donors (Lipinski definition) is 0. The minimum atomic E-state index is -4.41. The van der Waals surface area contributed by atoms with E-state index in [1.54, 1.807) is 5.38 Å². The molecular formula is C56H94F5N3S. The second-order valence-electron chi connectivity index (χ2n) is 16.3. The fourth-order valence-corrected chi connectivity index (χ4v) is 7.20. The quantitative estimate of drug-likeness (QED) is 0.0860. The van der Waals surface area contributed by atoms with Gasteiger partial charge in [-0.05, 0) is 112 Å². The maximum Gasteiger partial charge on any atom is 0.417 e. The summed E-state index contributed by atoms with van der Waals surface area (Å²) in [5, 5.41) is 1.73. The fraction of sp³-hybridized carbons (Fsp3) is 0.625. The Labute approximate surface area is 401 Å². The van der Waals surface area contributed by atoms with E-state index in [1.807, 2.05) is 46.4 Å². The van der Waals surface area contributed by atoms with Crippen molar-refractivity contribution in [1.82, 2.24) is 14.8 Å². The highest BCUT2D eigenvalue weighted by molar-refractivity contribution is 7.10. The first-order chi connectivity index (χ1) is 30.7. The summed E-state index contributed by atoms with van der Waals surface area (Å²) in [6, 6.07) is 11.4. The van der Waals surface area contributed by atoms with Gasteiger partial charge in [-0.25, -0.2) is 8.78 Å². The number of hydrogen-bond acceptors (Lipinski definition) is 4. The molecule has 374 valence electrons. The molecule has 1 aliphatic heterocycles. The lowest BCUT2D eigenvalue weighted by atomic mass is 9.81. The second-order valence-corrected chi connectivity index (χ2v) is 17.2. The molecule has 2 atom stereocenters. The third kappa shape index (κ3) is 30.4. The normalized spacial score (nSPS) is 14.0. The van der Waals surface area contributed by atoms with E-state index in [0.717, 1.165) is 80.2 Å². The fourth-order valence-electron chi connectivity index (χ4n) is 6.36. The molecule has 1 saturated heterocycles. The van der Waals surface area contributed by atoms with Crippen LogP contribution in [0.2, 0.25) is 0 Å². The third-order valence-electron chi connectivity index (χ3n) is 10.2. The zero-order valence-electron chi connectivity index (χ0n) is 44.0. The van der Waals surface area contributed by atoms with Gasteiger partial charge in [0.15, 0.2) is 0 Å². The number of alkyl halides is 5. The van der Waals surface area contributed by atoms with E-state index in [1.165, 1.54) is 81.2 Å². The summed E-state index contributed by atoms with van der Waals surface area (Å²) in [6.07, 6.45) is 17.7. The minimum absolute atomic E-state index is 0.0773. The molecule has 4 rings (SSSR count). The van der Waals surface area contributed by atoms with Crippen LogP contribution in [0.1, 0.15) is 194 Å². The van der Waals surface area contributed by atoms with Gasteiger partial charge in [-0.1, -0.05) is 158 Å². The number of piperidine rings is 1. The maximum atomic E-state index is 13.3. The molecule has 3 heterocycles. The third-order valence-corrected chi connectivity index (χ3v) is 11.4. The van der Waals surface area contributed by atoms with Crippen LogP contribution >= 0.6 is 11.3 Å². The molecule has 2 unspecified atom stereocenters. The van der Waals surface area contributed by atoms with Gasteiger partial charge in [0.05, 0.1) is 10.4 Å². The van der Waals surface area contributed by atoms with Crippen LogP contribution in [0.15, 0.2) is 72.9 Å². The smallest absolute Gasteiger partial charge is 0.368 e. The first kappa shape index (κ1) is 68.1. The molecule has 0 amide bonds. The zero-order valence-corrected chi connectivity index (χ0v) is 44.9. The Morgan fingerprint density at radius 3 is 1.82 bits per heavy atom. The number of halogens is 5. The number of rotatable bonds is 15. The molecule has 0 bridgehead atoms.